The van der Waals surface area contributed by atoms with Crippen molar-refractivity contribution in [2.75, 3.05) is 18.5 Å². The van der Waals surface area contributed by atoms with Gasteiger partial charge in [-0.3, -0.25) is 14.4 Å². The number of hydrogen-bond donors (Lipinski definition) is 2. The number of ether oxygens (including phenoxy) is 2. The average molecular weight is 576 g/mol. The number of carbonyl (C=O) groups excluding carboxylic acids is 3. The van der Waals surface area contributed by atoms with Crippen LogP contribution in [0.4, 0.5) is 10.1 Å². The molecule has 3 fully saturated rings. The molecule has 8 nitrogen and oxygen atoms in total. The topological polar surface area (TPSA) is 97.0 Å². The van der Waals surface area contributed by atoms with Crippen LogP contribution in [0.1, 0.15) is 53.4 Å². The minimum Gasteiger partial charge on any atom is -0.379 e. The summed E-state index contributed by atoms with van der Waals surface area (Å²) in [6.07, 6.45) is 6.59. The van der Waals surface area contributed by atoms with Gasteiger partial charge >= 0.3 is 0 Å². The van der Waals surface area contributed by atoms with E-state index in [2.05, 4.69) is 24.5 Å². The molecule has 8 unspecified atom stereocenters. The van der Waals surface area contributed by atoms with Gasteiger partial charge in [-0.15, -0.1) is 0 Å². The van der Waals surface area contributed by atoms with Crippen molar-refractivity contribution in [3.63, 3.8) is 0 Å². The molecule has 0 radical (unpaired) electrons. The van der Waals surface area contributed by atoms with Crippen molar-refractivity contribution in [3.8, 4) is 0 Å². The monoisotopic (exact) mass is 575 g/mol. The first kappa shape index (κ1) is 29.0. The highest BCUT2D eigenvalue weighted by Gasteiger charge is 2.72. The van der Waals surface area contributed by atoms with Crippen molar-refractivity contribution in [2.24, 2.45) is 23.7 Å². The van der Waals surface area contributed by atoms with Crippen LogP contribution in [0.3, 0.4) is 0 Å². The number of anilines is 1. The van der Waals surface area contributed by atoms with Crippen LogP contribution >= 0.6 is 11.6 Å². The molecule has 2 bridgehead atoms. The highest BCUT2D eigenvalue weighted by Crippen LogP contribution is 2.55. The Morgan fingerprint density at radius 3 is 2.75 bits per heavy atom. The third kappa shape index (κ3) is 5.16. The molecule has 1 aromatic carbocycles. The molecule has 3 heterocycles. The zero-order valence-corrected chi connectivity index (χ0v) is 24.2. The first-order chi connectivity index (χ1) is 19.0. The third-order valence-electron chi connectivity index (χ3n) is 9.14. The maximum absolute atomic E-state index is 14.0. The van der Waals surface area contributed by atoms with Crippen LogP contribution in [0.2, 0.25) is 5.02 Å². The van der Waals surface area contributed by atoms with Crippen molar-refractivity contribution in [1.29, 1.82) is 0 Å². The van der Waals surface area contributed by atoms with Crippen LogP contribution < -0.4 is 10.6 Å². The number of rotatable bonds is 9. The fourth-order valence-corrected chi connectivity index (χ4v) is 7.09. The Balaban J connectivity index is 1.41. The Kier molecular flexibility index (Phi) is 8.28. The fraction of sp³-hybridized carbons (Fsp3) is 0.633. The van der Waals surface area contributed by atoms with E-state index in [-0.39, 0.29) is 29.0 Å². The van der Waals surface area contributed by atoms with E-state index in [1.54, 1.807) is 17.1 Å². The fourth-order valence-electron chi connectivity index (χ4n) is 6.91. The zero-order valence-electron chi connectivity index (χ0n) is 23.5. The maximum atomic E-state index is 14.0. The molecule has 1 aromatic rings. The Bertz CT molecular complexity index is 1190. The van der Waals surface area contributed by atoms with Crippen LogP contribution in [-0.4, -0.2) is 65.7 Å². The second-order valence-corrected chi connectivity index (χ2v) is 12.4. The number of benzene rings is 1. The van der Waals surface area contributed by atoms with Gasteiger partial charge < -0.3 is 25.0 Å². The van der Waals surface area contributed by atoms with E-state index in [1.165, 1.54) is 18.2 Å². The average Bonchev–Trinajstić information content (AvgIpc) is 3.54. The number of halogens is 2. The molecular weight excluding hydrogens is 537 g/mol. The van der Waals surface area contributed by atoms with Crippen LogP contribution in [0.5, 0.6) is 0 Å². The summed E-state index contributed by atoms with van der Waals surface area (Å²) < 4.78 is 25.8. The van der Waals surface area contributed by atoms with Gasteiger partial charge in [0.25, 0.3) is 0 Å². The highest BCUT2D eigenvalue weighted by molar-refractivity contribution is 6.31. The van der Waals surface area contributed by atoms with Crippen molar-refractivity contribution in [1.82, 2.24) is 10.2 Å². The Labute approximate surface area is 240 Å². The first-order valence-corrected chi connectivity index (χ1v) is 14.8. The van der Waals surface area contributed by atoms with Crippen LogP contribution in [0.15, 0.2) is 30.4 Å². The van der Waals surface area contributed by atoms with Gasteiger partial charge in [0, 0.05) is 24.9 Å². The minimum atomic E-state index is -1.24. The minimum absolute atomic E-state index is 0.0119. The summed E-state index contributed by atoms with van der Waals surface area (Å²) in [5.74, 6) is -2.45. The molecule has 40 heavy (non-hydrogen) atoms. The molecule has 3 amide bonds. The van der Waals surface area contributed by atoms with Crippen molar-refractivity contribution in [3.05, 3.63) is 41.2 Å². The zero-order chi connectivity index (χ0) is 28.8. The van der Waals surface area contributed by atoms with Crippen molar-refractivity contribution < 1.29 is 28.2 Å². The van der Waals surface area contributed by atoms with E-state index >= 15 is 0 Å². The molecule has 5 rings (SSSR count). The predicted octanol–water partition coefficient (Wildman–Crippen LogP) is 4.32. The van der Waals surface area contributed by atoms with E-state index in [9.17, 15) is 18.8 Å². The van der Waals surface area contributed by atoms with E-state index in [1.807, 2.05) is 13.8 Å². The van der Waals surface area contributed by atoms with Gasteiger partial charge in [-0.05, 0) is 56.7 Å². The quantitative estimate of drug-likeness (QED) is 0.338. The molecule has 3 aliphatic heterocycles. The molecule has 2 saturated heterocycles. The number of fused-ring (bicyclic) bond motifs is 1. The van der Waals surface area contributed by atoms with E-state index in [0.29, 0.717) is 37.1 Å². The van der Waals surface area contributed by atoms with Crippen LogP contribution in [0, 0.1) is 29.5 Å². The smallest absolute Gasteiger partial charge is 0.246 e. The Morgan fingerprint density at radius 2 is 2.02 bits per heavy atom. The lowest BCUT2D eigenvalue weighted by Crippen LogP contribution is -2.58. The van der Waals surface area contributed by atoms with Gasteiger partial charge in [0.15, 0.2) is 0 Å². The lowest BCUT2D eigenvalue weighted by atomic mass is 9.73. The van der Waals surface area contributed by atoms with E-state index in [4.69, 9.17) is 21.1 Å². The number of amides is 3. The van der Waals surface area contributed by atoms with Crippen molar-refractivity contribution in [2.45, 2.75) is 83.3 Å². The summed E-state index contributed by atoms with van der Waals surface area (Å²) in [7, 11) is 0. The summed E-state index contributed by atoms with van der Waals surface area (Å²) in [5.41, 5.74) is -0.920. The Morgan fingerprint density at radius 1 is 1.25 bits per heavy atom. The maximum Gasteiger partial charge on any atom is 0.246 e. The SMILES string of the molecule is CC(C)OCCCN1C(=O)C2C(C(=O)Nc3ccc(F)c(Cl)c3)C3C=CC2(O3)C1C(=O)NC1CCCC(C)C1C. The molecule has 1 aliphatic carbocycles. The number of carbonyl (C=O) groups is 3. The molecule has 0 aromatic heterocycles. The largest absolute Gasteiger partial charge is 0.379 e. The molecule has 8 atom stereocenters. The molecule has 2 N–H and O–H groups in total. The second-order valence-electron chi connectivity index (χ2n) is 12.0. The Hall–Kier alpha value is -2.49. The normalized spacial score (nSPS) is 34.4. The van der Waals surface area contributed by atoms with Gasteiger partial charge in [-0.1, -0.05) is 50.4 Å². The number of likely N-dealkylation sites (tertiary alicyclic amines) is 1. The standard InChI is InChI=1S/C30H39ClFN3O5/c1-16(2)39-14-6-13-35-26(28(37)34-22-8-5-7-17(3)18(22)4)30-12-11-23(40-30)24(25(30)29(35)38)27(36)33-19-9-10-21(32)20(31)15-19/h9-12,15-18,22-26H,5-8,13-14H2,1-4H3,(H,33,36)(H,34,37). The summed E-state index contributed by atoms with van der Waals surface area (Å²) >= 11 is 5.91. The molecule has 1 saturated carbocycles. The van der Waals surface area contributed by atoms with Crippen molar-refractivity contribution >= 4 is 35.0 Å². The van der Waals surface area contributed by atoms with Crippen LogP contribution in [0.25, 0.3) is 0 Å². The summed E-state index contributed by atoms with van der Waals surface area (Å²) in [5, 5.41) is 5.91. The number of nitrogens with zero attached hydrogens (tertiary/aromatic N) is 1. The van der Waals surface area contributed by atoms with Gasteiger partial charge in [0.2, 0.25) is 17.7 Å². The molecule has 218 valence electrons. The van der Waals surface area contributed by atoms with Gasteiger partial charge in [-0.2, -0.15) is 0 Å². The highest BCUT2D eigenvalue weighted by atomic mass is 35.5. The summed E-state index contributed by atoms with van der Waals surface area (Å²) in [6.45, 7) is 9.01. The van der Waals surface area contributed by atoms with Gasteiger partial charge in [0.1, 0.15) is 17.5 Å². The lowest BCUT2D eigenvalue weighted by molar-refractivity contribution is -0.142. The molecule has 10 heteroatoms. The predicted molar refractivity (Wildman–Crippen MR) is 149 cm³/mol. The first-order valence-electron chi connectivity index (χ1n) is 14.4. The lowest BCUT2D eigenvalue weighted by Gasteiger charge is -2.38. The third-order valence-corrected chi connectivity index (χ3v) is 9.43. The van der Waals surface area contributed by atoms with Gasteiger partial charge in [0.05, 0.1) is 29.1 Å². The molecule has 4 aliphatic rings. The van der Waals surface area contributed by atoms with E-state index in [0.717, 1.165) is 19.3 Å². The second kappa shape index (κ2) is 11.4. The van der Waals surface area contributed by atoms with Gasteiger partial charge in [-0.25, -0.2) is 4.39 Å². The molecule has 1 spiro atoms. The summed E-state index contributed by atoms with van der Waals surface area (Å²) in [6, 6.07) is 3.03. The number of hydrogen-bond acceptors (Lipinski definition) is 5. The van der Waals surface area contributed by atoms with Crippen LogP contribution in [-0.2, 0) is 23.9 Å². The van der Waals surface area contributed by atoms with E-state index < -0.39 is 41.3 Å². The molecular formula is C30H39ClFN3O5. The summed E-state index contributed by atoms with van der Waals surface area (Å²) in [4.78, 5) is 43.2. The number of nitrogens with one attached hydrogen (secondary N) is 2.